The van der Waals surface area contributed by atoms with Crippen molar-refractivity contribution >= 4 is 21.9 Å². The van der Waals surface area contributed by atoms with Crippen molar-refractivity contribution in [3.8, 4) is 0 Å². The molecule has 0 N–H and O–H groups in total. The Morgan fingerprint density at radius 3 is 2.50 bits per heavy atom. The maximum atomic E-state index is 11.4. The smallest absolute Gasteiger partial charge is 0.308 e. The van der Waals surface area contributed by atoms with E-state index in [0.717, 1.165) is 16.8 Å². The summed E-state index contributed by atoms with van der Waals surface area (Å²) in [4.78, 5) is 11.4. The zero-order valence-corrected chi connectivity index (χ0v) is 12.0. The van der Waals surface area contributed by atoms with Crippen LogP contribution < -0.4 is 0 Å². The Morgan fingerprint density at radius 2 is 1.89 bits per heavy atom. The number of carbonyl (C=O) groups excluding carboxylic acids is 1. The molecule has 0 radical (unpaired) electrons. The van der Waals surface area contributed by atoms with Gasteiger partial charge in [-0.2, -0.15) is 0 Å². The SMILES string of the molecule is COC(=O)C1CC1[C@H]1C[C@@H](c2ccc(Br)cc2)C1. The predicted octanol–water partition coefficient (Wildman–Crippen LogP) is 3.75. The van der Waals surface area contributed by atoms with Crippen LogP contribution in [0.25, 0.3) is 0 Å². The number of benzene rings is 1. The summed E-state index contributed by atoms with van der Waals surface area (Å²) in [5.41, 5.74) is 1.43. The third-order valence-corrected chi connectivity index (χ3v) is 4.99. The number of halogens is 1. The largest absolute Gasteiger partial charge is 0.469 e. The Hall–Kier alpha value is -0.830. The third-order valence-electron chi connectivity index (χ3n) is 4.47. The number of ether oxygens (including phenoxy) is 1. The first-order valence-electron chi connectivity index (χ1n) is 6.52. The summed E-state index contributed by atoms with van der Waals surface area (Å²) in [6.07, 6.45) is 3.52. The van der Waals surface area contributed by atoms with Gasteiger partial charge in [0.25, 0.3) is 0 Å². The molecule has 0 aliphatic heterocycles. The molecule has 0 heterocycles. The molecule has 2 fully saturated rings. The fraction of sp³-hybridized carbons (Fsp3) is 0.533. The number of hydrogen-bond donors (Lipinski definition) is 0. The van der Waals surface area contributed by atoms with Crippen LogP contribution in [0.4, 0.5) is 0 Å². The quantitative estimate of drug-likeness (QED) is 0.795. The van der Waals surface area contributed by atoms with Crippen molar-refractivity contribution < 1.29 is 9.53 Å². The molecule has 0 spiro atoms. The summed E-state index contributed by atoms with van der Waals surface area (Å²) < 4.78 is 5.94. The Kier molecular flexibility index (Phi) is 3.18. The van der Waals surface area contributed by atoms with Crippen molar-refractivity contribution in [1.29, 1.82) is 0 Å². The van der Waals surface area contributed by atoms with Crippen molar-refractivity contribution in [1.82, 2.24) is 0 Å². The first-order valence-corrected chi connectivity index (χ1v) is 7.31. The highest BCUT2D eigenvalue weighted by atomic mass is 79.9. The van der Waals surface area contributed by atoms with Gasteiger partial charge < -0.3 is 4.74 Å². The van der Waals surface area contributed by atoms with Crippen molar-refractivity contribution in [3.63, 3.8) is 0 Å². The van der Waals surface area contributed by atoms with Gasteiger partial charge in [0.1, 0.15) is 0 Å². The van der Waals surface area contributed by atoms with Crippen LogP contribution in [0.5, 0.6) is 0 Å². The van der Waals surface area contributed by atoms with Gasteiger partial charge in [-0.25, -0.2) is 0 Å². The van der Waals surface area contributed by atoms with E-state index < -0.39 is 0 Å². The highest BCUT2D eigenvalue weighted by Crippen LogP contribution is 2.56. The Balaban J connectivity index is 1.52. The normalized spacial score (nSPS) is 33.7. The molecule has 0 bridgehead atoms. The highest BCUT2D eigenvalue weighted by Gasteiger charge is 2.52. The van der Waals surface area contributed by atoms with Gasteiger partial charge in [-0.05, 0) is 54.7 Å². The van der Waals surface area contributed by atoms with E-state index in [1.54, 1.807) is 0 Å². The standard InChI is InChI=1S/C15H17BrO2/c1-18-15(17)14-8-13(14)11-6-10(7-11)9-2-4-12(16)5-3-9/h2-5,10-11,13-14H,6-8H2,1H3/t10-,11+,13?,14?. The van der Waals surface area contributed by atoms with Crippen LogP contribution in [-0.4, -0.2) is 13.1 Å². The van der Waals surface area contributed by atoms with E-state index in [9.17, 15) is 4.79 Å². The van der Waals surface area contributed by atoms with Crippen LogP contribution in [0, 0.1) is 17.8 Å². The van der Waals surface area contributed by atoms with E-state index in [1.165, 1.54) is 25.5 Å². The molecule has 96 valence electrons. The minimum atomic E-state index is -0.00732. The average Bonchev–Trinajstić information content (AvgIpc) is 3.09. The van der Waals surface area contributed by atoms with Gasteiger partial charge in [-0.15, -0.1) is 0 Å². The molecule has 2 aliphatic rings. The van der Waals surface area contributed by atoms with E-state index in [-0.39, 0.29) is 11.9 Å². The van der Waals surface area contributed by atoms with Crippen LogP contribution in [-0.2, 0) is 9.53 Å². The number of esters is 1. The summed E-state index contributed by atoms with van der Waals surface area (Å²) >= 11 is 3.46. The third kappa shape index (κ3) is 2.20. The molecule has 2 atom stereocenters. The fourth-order valence-corrected chi connectivity index (χ4v) is 3.44. The zero-order valence-electron chi connectivity index (χ0n) is 10.4. The van der Waals surface area contributed by atoms with Gasteiger partial charge in [-0.1, -0.05) is 28.1 Å². The van der Waals surface area contributed by atoms with Gasteiger partial charge in [0.15, 0.2) is 0 Å². The lowest BCUT2D eigenvalue weighted by molar-refractivity contribution is -0.142. The molecular weight excluding hydrogens is 292 g/mol. The Bertz CT molecular complexity index is 448. The number of rotatable bonds is 3. The van der Waals surface area contributed by atoms with E-state index in [0.29, 0.717) is 11.8 Å². The van der Waals surface area contributed by atoms with Crippen LogP contribution >= 0.6 is 15.9 Å². The second-order valence-corrected chi connectivity index (χ2v) is 6.42. The minimum absolute atomic E-state index is 0.00732. The first-order chi connectivity index (χ1) is 8.69. The van der Waals surface area contributed by atoms with Crippen molar-refractivity contribution in [2.24, 2.45) is 17.8 Å². The van der Waals surface area contributed by atoms with Gasteiger partial charge in [0, 0.05) is 4.47 Å². The molecule has 2 nitrogen and oxygen atoms in total. The summed E-state index contributed by atoms with van der Waals surface area (Å²) in [6, 6.07) is 8.62. The van der Waals surface area contributed by atoms with Gasteiger partial charge in [-0.3, -0.25) is 4.79 Å². The second kappa shape index (κ2) is 4.69. The van der Waals surface area contributed by atoms with E-state index in [4.69, 9.17) is 4.74 Å². The highest BCUT2D eigenvalue weighted by molar-refractivity contribution is 9.10. The maximum absolute atomic E-state index is 11.4. The van der Waals surface area contributed by atoms with Gasteiger partial charge >= 0.3 is 5.97 Å². The number of methoxy groups -OCH3 is 1. The van der Waals surface area contributed by atoms with Crippen LogP contribution in [0.3, 0.4) is 0 Å². The monoisotopic (exact) mass is 308 g/mol. The predicted molar refractivity (Wildman–Crippen MR) is 73.2 cm³/mol. The van der Waals surface area contributed by atoms with Crippen LogP contribution in [0.15, 0.2) is 28.7 Å². The molecule has 0 saturated heterocycles. The van der Waals surface area contributed by atoms with Crippen LogP contribution in [0.1, 0.15) is 30.7 Å². The van der Waals surface area contributed by atoms with E-state index in [2.05, 4.69) is 40.2 Å². The van der Waals surface area contributed by atoms with E-state index >= 15 is 0 Å². The van der Waals surface area contributed by atoms with Crippen molar-refractivity contribution in [2.45, 2.75) is 25.2 Å². The lowest BCUT2D eigenvalue weighted by atomic mass is 9.69. The molecule has 2 aliphatic carbocycles. The minimum Gasteiger partial charge on any atom is -0.469 e. The summed E-state index contributed by atoms with van der Waals surface area (Å²) in [5.74, 6) is 2.23. The molecule has 18 heavy (non-hydrogen) atoms. The Labute approximate surface area is 116 Å². The van der Waals surface area contributed by atoms with E-state index in [1.807, 2.05) is 0 Å². The molecule has 0 aromatic heterocycles. The van der Waals surface area contributed by atoms with Gasteiger partial charge in [0.05, 0.1) is 13.0 Å². The van der Waals surface area contributed by atoms with Gasteiger partial charge in [0.2, 0.25) is 0 Å². The van der Waals surface area contributed by atoms with Crippen molar-refractivity contribution in [3.05, 3.63) is 34.3 Å². The molecule has 3 heteroatoms. The average molecular weight is 309 g/mol. The molecule has 0 amide bonds. The lowest BCUT2D eigenvalue weighted by Crippen LogP contribution is -2.25. The van der Waals surface area contributed by atoms with Crippen LogP contribution in [0.2, 0.25) is 0 Å². The zero-order chi connectivity index (χ0) is 12.7. The Morgan fingerprint density at radius 1 is 1.22 bits per heavy atom. The number of carbonyl (C=O) groups is 1. The molecular formula is C15H17BrO2. The molecule has 3 rings (SSSR count). The molecule has 1 aromatic rings. The molecule has 1 aromatic carbocycles. The summed E-state index contributed by atoms with van der Waals surface area (Å²) in [6.45, 7) is 0. The topological polar surface area (TPSA) is 26.3 Å². The summed E-state index contributed by atoms with van der Waals surface area (Å²) in [7, 11) is 1.49. The second-order valence-electron chi connectivity index (χ2n) is 5.51. The maximum Gasteiger partial charge on any atom is 0.308 e. The van der Waals surface area contributed by atoms with Crippen molar-refractivity contribution in [2.75, 3.05) is 7.11 Å². The molecule has 2 saturated carbocycles. The number of hydrogen-bond acceptors (Lipinski definition) is 2. The fourth-order valence-electron chi connectivity index (χ4n) is 3.18. The molecule has 2 unspecified atom stereocenters. The lowest BCUT2D eigenvalue weighted by Gasteiger charge is -2.36. The first kappa shape index (κ1) is 12.2. The summed E-state index contributed by atoms with van der Waals surface area (Å²) in [5, 5.41) is 0.